The highest BCUT2D eigenvalue weighted by atomic mass is 28.3. The van der Waals surface area contributed by atoms with Crippen molar-refractivity contribution in [2.75, 3.05) is 0 Å². The molecule has 60 heavy (non-hydrogen) atoms. The van der Waals surface area contributed by atoms with Crippen LogP contribution in [-0.2, 0) is 0 Å². The molecule has 284 valence electrons. The Morgan fingerprint density at radius 3 is 1.23 bits per heavy atom. The minimum Gasteiger partial charge on any atom is -0.0616 e. The second-order valence-electron chi connectivity index (χ2n) is 17.8. The Hall–Kier alpha value is -6.80. The Morgan fingerprint density at radius 2 is 0.733 bits per heavy atom. The molecular formula is C59H44Si. The minimum absolute atomic E-state index is 0.487. The lowest BCUT2D eigenvalue weighted by molar-refractivity contribution is 0.867. The number of rotatable bonds is 4. The van der Waals surface area contributed by atoms with Gasteiger partial charge in [0.1, 0.15) is 8.07 Å². The highest BCUT2D eigenvalue weighted by Crippen LogP contribution is 2.50. The van der Waals surface area contributed by atoms with E-state index >= 15 is 0 Å². The first-order valence-electron chi connectivity index (χ1n) is 21.5. The molecule has 0 aliphatic carbocycles. The fourth-order valence-electron chi connectivity index (χ4n) is 10.9. The molecule has 0 fully saturated rings. The summed E-state index contributed by atoms with van der Waals surface area (Å²) < 4.78 is 0. The lowest BCUT2D eigenvalue weighted by atomic mass is 9.81. The number of fused-ring (bicyclic) bond motifs is 10. The second kappa shape index (κ2) is 13.1. The summed E-state index contributed by atoms with van der Waals surface area (Å²) in [6.07, 6.45) is 0. The first-order chi connectivity index (χ1) is 29.4. The number of hydrogen-bond acceptors (Lipinski definition) is 0. The Balaban J connectivity index is 1.15. The van der Waals surface area contributed by atoms with Crippen molar-refractivity contribution >= 4 is 83.1 Å². The van der Waals surface area contributed by atoms with Gasteiger partial charge in [-0.25, -0.2) is 0 Å². The zero-order valence-electron chi connectivity index (χ0n) is 34.5. The fraction of sp³-hybridized carbons (Fsp3) is 0.0847. The predicted octanol–water partition coefficient (Wildman–Crippen LogP) is 15.5. The maximum atomic E-state index is 2.54. The van der Waals surface area contributed by atoms with E-state index in [9.17, 15) is 0 Å². The minimum atomic E-state index is -1.94. The van der Waals surface area contributed by atoms with E-state index in [0.29, 0.717) is 5.92 Å². The van der Waals surface area contributed by atoms with Gasteiger partial charge in [0.05, 0.1) is 0 Å². The molecule has 0 bridgehead atoms. The third kappa shape index (κ3) is 5.03. The van der Waals surface area contributed by atoms with E-state index in [0.717, 1.165) is 0 Å². The monoisotopic (exact) mass is 780 g/mol. The lowest BCUT2D eigenvalue weighted by Gasteiger charge is -2.22. The van der Waals surface area contributed by atoms with Crippen LogP contribution in [0.2, 0.25) is 13.1 Å². The van der Waals surface area contributed by atoms with Crippen LogP contribution in [0, 0.1) is 0 Å². The maximum Gasteiger partial charge on any atom is 0.113 e. The van der Waals surface area contributed by atoms with Crippen LogP contribution < -0.4 is 10.4 Å². The van der Waals surface area contributed by atoms with Crippen LogP contribution in [0.5, 0.6) is 0 Å². The van der Waals surface area contributed by atoms with E-state index in [1.807, 2.05) is 0 Å². The first-order valence-corrected chi connectivity index (χ1v) is 24.5. The quantitative estimate of drug-likeness (QED) is 0.123. The first kappa shape index (κ1) is 35.2. The Kier molecular flexibility index (Phi) is 7.68. The van der Waals surface area contributed by atoms with Gasteiger partial charge in [0.2, 0.25) is 0 Å². The van der Waals surface area contributed by atoms with Crippen LogP contribution in [0.25, 0.3) is 109 Å². The zero-order valence-corrected chi connectivity index (χ0v) is 35.5. The maximum absolute atomic E-state index is 2.54. The molecule has 0 saturated carbocycles. The molecule has 0 spiro atoms. The second-order valence-corrected chi connectivity index (χ2v) is 22.1. The molecule has 1 heteroatoms. The third-order valence-corrected chi connectivity index (χ3v) is 17.3. The van der Waals surface area contributed by atoms with E-state index in [2.05, 4.69) is 215 Å². The van der Waals surface area contributed by atoms with E-state index in [-0.39, 0.29) is 0 Å². The van der Waals surface area contributed by atoms with Gasteiger partial charge < -0.3 is 0 Å². The van der Waals surface area contributed by atoms with Crippen LogP contribution in [-0.4, -0.2) is 8.07 Å². The Labute approximate surface area is 352 Å². The van der Waals surface area contributed by atoms with E-state index < -0.39 is 8.07 Å². The summed E-state index contributed by atoms with van der Waals surface area (Å²) in [6.45, 7) is 9.60. The van der Waals surface area contributed by atoms with Crippen molar-refractivity contribution in [1.82, 2.24) is 0 Å². The van der Waals surface area contributed by atoms with E-state index in [1.165, 1.54) is 120 Å². The smallest absolute Gasteiger partial charge is 0.0616 e. The summed E-state index contributed by atoms with van der Waals surface area (Å²) in [5.74, 6) is 0.487. The molecule has 0 amide bonds. The van der Waals surface area contributed by atoms with Gasteiger partial charge in [-0.15, -0.1) is 0 Å². The van der Waals surface area contributed by atoms with Crippen molar-refractivity contribution in [2.45, 2.75) is 32.9 Å². The molecule has 0 atom stereocenters. The molecule has 11 aromatic carbocycles. The highest BCUT2D eigenvalue weighted by molar-refractivity contribution is 7.04. The Bertz CT molecular complexity index is 3470. The largest absolute Gasteiger partial charge is 0.113 e. The standard InChI is InChI=1S/C59H44Si/c1-36(2)37-25-27-38(28-26-37)55-43-17-7-11-21-47(43)58(48-22-12-8-18-44(48)55)59-49-23-13-9-19-45(49)56(46-20-10-14-24-50(46)59)42-30-31-53-52(35-42)57-51-34-40-16-6-5-15-39(40)33-41(51)29-32-54(57)60(53,3)4/h5-36H,1-4H3. The molecule has 1 heterocycles. The van der Waals surface area contributed by atoms with Crippen molar-refractivity contribution in [3.8, 4) is 44.5 Å². The summed E-state index contributed by atoms with van der Waals surface area (Å²) in [6, 6.07) is 71.7. The van der Waals surface area contributed by atoms with E-state index in [4.69, 9.17) is 0 Å². The van der Waals surface area contributed by atoms with Crippen LogP contribution in [0.4, 0.5) is 0 Å². The van der Waals surface area contributed by atoms with Crippen molar-refractivity contribution in [3.63, 3.8) is 0 Å². The van der Waals surface area contributed by atoms with Gasteiger partial charge in [0.15, 0.2) is 0 Å². The van der Waals surface area contributed by atoms with Crippen LogP contribution in [0.3, 0.4) is 0 Å². The van der Waals surface area contributed by atoms with Gasteiger partial charge in [0, 0.05) is 0 Å². The van der Waals surface area contributed by atoms with E-state index in [1.54, 1.807) is 5.19 Å². The van der Waals surface area contributed by atoms with Gasteiger partial charge in [-0.05, 0) is 149 Å². The van der Waals surface area contributed by atoms with Gasteiger partial charge >= 0.3 is 0 Å². The van der Waals surface area contributed by atoms with Crippen LogP contribution in [0.1, 0.15) is 25.3 Å². The summed E-state index contributed by atoms with van der Waals surface area (Å²) in [5, 5.41) is 18.6. The highest BCUT2D eigenvalue weighted by Gasteiger charge is 2.38. The normalized spacial score (nSPS) is 13.3. The summed E-state index contributed by atoms with van der Waals surface area (Å²) in [7, 11) is -1.94. The SMILES string of the molecule is CC(C)c1ccc(-c2c3ccccc3c(-c3c4ccccc4c(-c4ccc5c(c4)-c4c(ccc6cc7ccccc7cc46)[Si]5(C)C)c4ccccc34)c3ccccc23)cc1. The lowest BCUT2D eigenvalue weighted by Crippen LogP contribution is -2.49. The molecule has 0 radical (unpaired) electrons. The van der Waals surface area contributed by atoms with Gasteiger partial charge in [0.25, 0.3) is 0 Å². The summed E-state index contributed by atoms with van der Waals surface area (Å²) in [4.78, 5) is 0. The molecule has 0 N–H and O–H groups in total. The molecule has 0 nitrogen and oxygen atoms in total. The zero-order chi connectivity index (χ0) is 40.3. The van der Waals surface area contributed by atoms with Crippen molar-refractivity contribution in [3.05, 3.63) is 194 Å². The van der Waals surface area contributed by atoms with Crippen molar-refractivity contribution in [2.24, 2.45) is 0 Å². The van der Waals surface area contributed by atoms with Gasteiger partial charge in [-0.1, -0.05) is 197 Å². The molecular weight excluding hydrogens is 737 g/mol. The molecule has 0 unspecified atom stereocenters. The average molecular weight is 781 g/mol. The number of benzene rings is 11. The third-order valence-electron chi connectivity index (χ3n) is 13.8. The molecule has 12 rings (SSSR count). The topological polar surface area (TPSA) is 0 Å². The van der Waals surface area contributed by atoms with Crippen LogP contribution in [0.15, 0.2) is 188 Å². The van der Waals surface area contributed by atoms with Gasteiger partial charge in [-0.2, -0.15) is 0 Å². The Morgan fingerprint density at radius 1 is 0.317 bits per heavy atom. The summed E-state index contributed by atoms with van der Waals surface area (Å²) >= 11 is 0. The fourth-order valence-corrected chi connectivity index (χ4v) is 13.9. The van der Waals surface area contributed by atoms with Crippen LogP contribution >= 0.6 is 0 Å². The average Bonchev–Trinajstić information content (AvgIpc) is 3.52. The van der Waals surface area contributed by atoms with Crippen molar-refractivity contribution < 1.29 is 0 Å². The predicted molar refractivity (Wildman–Crippen MR) is 264 cm³/mol. The molecule has 0 aromatic heterocycles. The summed E-state index contributed by atoms with van der Waals surface area (Å²) in [5.41, 5.74) is 12.0. The van der Waals surface area contributed by atoms with Gasteiger partial charge in [-0.3, -0.25) is 0 Å². The number of hydrogen-bond donors (Lipinski definition) is 0. The molecule has 1 aliphatic rings. The molecule has 0 saturated heterocycles. The molecule has 11 aromatic rings. The molecule has 1 aliphatic heterocycles. The van der Waals surface area contributed by atoms with Crippen molar-refractivity contribution in [1.29, 1.82) is 0 Å².